The van der Waals surface area contributed by atoms with Crippen LogP contribution in [0.2, 0.25) is 0 Å². The molecule has 1 aromatic heterocycles. The summed E-state index contributed by atoms with van der Waals surface area (Å²) in [6.07, 6.45) is 4.37. The lowest BCUT2D eigenvalue weighted by Gasteiger charge is -2.12. The van der Waals surface area contributed by atoms with Gasteiger partial charge < -0.3 is 10.1 Å². The van der Waals surface area contributed by atoms with Crippen LogP contribution in [0.4, 0.5) is 11.6 Å². The van der Waals surface area contributed by atoms with Gasteiger partial charge in [0.1, 0.15) is 5.82 Å². The van der Waals surface area contributed by atoms with Crippen molar-refractivity contribution < 1.29 is 4.74 Å². The van der Waals surface area contributed by atoms with Crippen LogP contribution in [0.5, 0.6) is 6.01 Å². The lowest BCUT2D eigenvalue weighted by Crippen LogP contribution is -2.08. The highest BCUT2D eigenvalue weighted by Crippen LogP contribution is 2.40. The van der Waals surface area contributed by atoms with Crippen LogP contribution in [0.25, 0.3) is 0 Å². The summed E-state index contributed by atoms with van der Waals surface area (Å²) in [6, 6.07) is 17.6. The Morgan fingerprint density at radius 1 is 1.09 bits per heavy atom. The molecule has 5 nitrogen and oxygen atoms in total. The lowest BCUT2D eigenvalue weighted by molar-refractivity contribution is 0.310. The number of hydrogen-bond acceptors (Lipinski definition) is 6. The fourth-order valence-corrected chi connectivity index (χ4v) is 4.91. The summed E-state index contributed by atoms with van der Waals surface area (Å²) >= 11 is 1.89. The van der Waals surface area contributed by atoms with Crippen LogP contribution in [0.15, 0.2) is 64.4 Å². The standard InChI is InChI=1S/C26H30N4OS/c1-5-31-26-29-24(17(2)3)28-25(30-26)27-20-10-8-9-19(15-20)16-21-14-13-18(4)22-11-6-7-12-23(22)32-21/h6-12,14-15,17-18H,5,13,16H2,1-4H3,(H,27,28,29,30). The quantitative estimate of drug-likeness (QED) is 0.428. The average Bonchev–Trinajstić information content (AvgIpc) is 2.93. The number of allylic oxidation sites excluding steroid dienone is 2. The van der Waals surface area contributed by atoms with Crippen LogP contribution in [0, 0.1) is 0 Å². The zero-order valence-corrected chi connectivity index (χ0v) is 19.9. The Morgan fingerprint density at radius 3 is 2.75 bits per heavy atom. The van der Waals surface area contributed by atoms with E-state index in [4.69, 9.17) is 4.74 Å². The lowest BCUT2D eigenvalue weighted by atomic mass is 9.97. The van der Waals surface area contributed by atoms with Crippen LogP contribution in [-0.4, -0.2) is 21.6 Å². The summed E-state index contributed by atoms with van der Waals surface area (Å²) in [7, 11) is 0. The van der Waals surface area contributed by atoms with Gasteiger partial charge in [-0.25, -0.2) is 0 Å². The molecule has 0 radical (unpaired) electrons. The molecule has 1 aliphatic rings. The van der Waals surface area contributed by atoms with Gasteiger partial charge in [-0.2, -0.15) is 15.0 Å². The van der Waals surface area contributed by atoms with E-state index in [-0.39, 0.29) is 5.92 Å². The molecule has 0 saturated carbocycles. The van der Waals surface area contributed by atoms with Crippen LogP contribution in [0.3, 0.4) is 0 Å². The van der Waals surface area contributed by atoms with Crippen molar-refractivity contribution in [3.05, 3.63) is 76.5 Å². The van der Waals surface area contributed by atoms with Crippen LogP contribution >= 0.6 is 11.8 Å². The fourth-order valence-electron chi connectivity index (χ4n) is 3.68. The van der Waals surface area contributed by atoms with Crippen LogP contribution < -0.4 is 10.1 Å². The maximum absolute atomic E-state index is 5.54. The molecule has 0 bridgehead atoms. The number of rotatable bonds is 7. The zero-order chi connectivity index (χ0) is 22.5. The Labute approximate surface area is 194 Å². The molecule has 1 aliphatic heterocycles. The number of fused-ring (bicyclic) bond motifs is 1. The highest BCUT2D eigenvalue weighted by Gasteiger charge is 2.16. The third-order valence-electron chi connectivity index (χ3n) is 5.37. The number of ether oxygens (including phenoxy) is 1. The normalized spacial score (nSPS) is 15.7. The highest BCUT2D eigenvalue weighted by atomic mass is 32.2. The Hall–Kier alpha value is -2.86. The molecule has 1 N–H and O–H groups in total. The van der Waals surface area contributed by atoms with E-state index in [2.05, 4.69) is 89.6 Å². The Kier molecular flexibility index (Phi) is 7.10. The topological polar surface area (TPSA) is 59.9 Å². The summed E-state index contributed by atoms with van der Waals surface area (Å²) in [4.78, 5) is 16.1. The molecule has 1 unspecified atom stereocenters. The number of nitrogens with one attached hydrogen (secondary N) is 1. The summed E-state index contributed by atoms with van der Waals surface area (Å²) in [6.45, 7) is 8.87. The van der Waals surface area contributed by atoms with Crippen LogP contribution in [-0.2, 0) is 6.42 Å². The number of aromatic nitrogens is 3. The van der Waals surface area contributed by atoms with Crippen molar-refractivity contribution in [3.63, 3.8) is 0 Å². The monoisotopic (exact) mass is 446 g/mol. The SMILES string of the molecule is CCOc1nc(Nc2cccc(CC3=CCC(C)c4ccccc4S3)c2)nc(C(C)C)n1. The van der Waals surface area contributed by atoms with E-state index in [1.54, 1.807) is 0 Å². The van der Waals surface area contributed by atoms with Gasteiger partial charge in [0, 0.05) is 22.9 Å². The third kappa shape index (κ3) is 5.49. The minimum atomic E-state index is 0.188. The number of hydrogen-bond donors (Lipinski definition) is 1. The Morgan fingerprint density at radius 2 is 1.94 bits per heavy atom. The van der Waals surface area contributed by atoms with Crippen molar-refractivity contribution in [1.82, 2.24) is 15.0 Å². The number of anilines is 2. The summed E-state index contributed by atoms with van der Waals surface area (Å²) in [5.74, 6) is 1.96. The first-order valence-electron chi connectivity index (χ1n) is 11.2. The summed E-state index contributed by atoms with van der Waals surface area (Å²) in [5.41, 5.74) is 3.66. The van der Waals surface area contributed by atoms with Gasteiger partial charge >= 0.3 is 6.01 Å². The molecule has 3 aromatic rings. The van der Waals surface area contributed by atoms with Gasteiger partial charge in [-0.15, -0.1) is 0 Å². The largest absolute Gasteiger partial charge is 0.464 e. The predicted octanol–water partition coefficient (Wildman–Crippen LogP) is 6.86. The average molecular weight is 447 g/mol. The molecule has 4 rings (SSSR count). The molecule has 0 fully saturated rings. The molecule has 0 amide bonds. The molecule has 2 aromatic carbocycles. The highest BCUT2D eigenvalue weighted by molar-refractivity contribution is 8.03. The van der Waals surface area contributed by atoms with E-state index in [1.807, 2.05) is 24.8 Å². The second-order valence-electron chi connectivity index (χ2n) is 8.34. The van der Waals surface area contributed by atoms with Crippen molar-refractivity contribution >= 4 is 23.4 Å². The molecule has 0 saturated heterocycles. The first-order chi connectivity index (χ1) is 15.5. The maximum Gasteiger partial charge on any atom is 0.321 e. The van der Waals surface area contributed by atoms with E-state index in [0.29, 0.717) is 24.5 Å². The molecular formula is C26H30N4OS. The minimum absolute atomic E-state index is 0.188. The van der Waals surface area contributed by atoms with Gasteiger partial charge in [0.25, 0.3) is 0 Å². The van der Waals surface area contributed by atoms with Gasteiger partial charge in [0.2, 0.25) is 5.95 Å². The summed E-state index contributed by atoms with van der Waals surface area (Å²) < 4.78 is 5.54. The van der Waals surface area contributed by atoms with Crippen molar-refractivity contribution in [3.8, 4) is 6.01 Å². The van der Waals surface area contributed by atoms with Crippen molar-refractivity contribution in [2.45, 2.75) is 57.3 Å². The molecule has 32 heavy (non-hydrogen) atoms. The molecule has 166 valence electrons. The molecule has 0 aliphatic carbocycles. The first kappa shape index (κ1) is 22.3. The molecule has 0 spiro atoms. The van der Waals surface area contributed by atoms with E-state index in [1.165, 1.54) is 20.9 Å². The van der Waals surface area contributed by atoms with Crippen molar-refractivity contribution in [2.24, 2.45) is 0 Å². The smallest absolute Gasteiger partial charge is 0.321 e. The second-order valence-corrected chi connectivity index (χ2v) is 9.51. The molecule has 2 heterocycles. The van der Waals surface area contributed by atoms with Gasteiger partial charge in [-0.1, -0.05) is 68.9 Å². The second kappa shape index (κ2) is 10.2. The number of thioether (sulfide) groups is 1. The van der Waals surface area contributed by atoms with E-state index in [9.17, 15) is 0 Å². The Bertz CT molecular complexity index is 1110. The number of benzene rings is 2. The molecule has 1 atom stereocenters. The van der Waals surface area contributed by atoms with Crippen molar-refractivity contribution in [1.29, 1.82) is 0 Å². The van der Waals surface area contributed by atoms with Gasteiger partial charge in [0.05, 0.1) is 6.61 Å². The maximum atomic E-state index is 5.54. The minimum Gasteiger partial charge on any atom is -0.464 e. The third-order valence-corrected chi connectivity index (χ3v) is 6.54. The zero-order valence-electron chi connectivity index (χ0n) is 19.1. The predicted molar refractivity (Wildman–Crippen MR) is 132 cm³/mol. The van der Waals surface area contributed by atoms with Crippen LogP contribution in [0.1, 0.15) is 62.9 Å². The van der Waals surface area contributed by atoms with E-state index in [0.717, 1.165) is 24.4 Å². The fraction of sp³-hybridized carbons (Fsp3) is 0.346. The van der Waals surface area contributed by atoms with Gasteiger partial charge in [-0.05, 0) is 53.5 Å². The first-order valence-corrected chi connectivity index (χ1v) is 12.0. The van der Waals surface area contributed by atoms with E-state index < -0.39 is 0 Å². The van der Waals surface area contributed by atoms with Gasteiger partial charge in [-0.3, -0.25) is 0 Å². The van der Waals surface area contributed by atoms with Crippen molar-refractivity contribution in [2.75, 3.05) is 11.9 Å². The Balaban J connectivity index is 1.52. The number of nitrogens with zero attached hydrogens (tertiary/aromatic N) is 3. The molecular weight excluding hydrogens is 416 g/mol. The van der Waals surface area contributed by atoms with E-state index >= 15 is 0 Å². The molecule has 6 heteroatoms. The summed E-state index contributed by atoms with van der Waals surface area (Å²) in [5, 5.41) is 3.34. The van der Waals surface area contributed by atoms with Gasteiger partial charge in [0.15, 0.2) is 0 Å².